The van der Waals surface area contributed by atoms with E-state index in [1.165, 1.54) is 0 Å². The molecule has 2 aromatic heterocycles. The number of aryl methyl sites for hydroxylation is 1. The van der Waals surface area contributed by atoms with Crippen molar-refractivity contribution in [3.63, 3.8) is 0 Å². The van der Waals surface area contributed by atoms with Gasteiger partial charge >= 0.3 is 5.97 Å². The number of amides is 1. The molecule has 0 spiro atoms. The van der Waals surface area contributed by atoms with E-state index in [0.717, 1.165) is 11.0 Å². The average Bonchev–Trinajstić information content (AvgIpc) is 3.27. The van der Waals surface area contributed by atoms with Gasteiger partial charge in [0.15, 0.2) is 0 Å². The molecular weight excluding hydrogens is 382 g/mol. The zero-order chi connectivity index (χ0) is 21.1. The zero-order valence-corrected chi connectivity index (χ0v) is 17.3. The van der Waals surface area contributed by atoms with Gasteiger partial charge in [-0.25, -0.2) is 0 Å². The molecular formula is C23H27N3O4. The minimum Gasteiger partial charge on any atom is -0.466 e. The number of benzene rings is 1. The van der Waals surface area contributed by atoms with Crippen molar-refractivity contribution < 1.29 is 14.3 Å². The first kappa shape index (κ1) is 20.2. The number of likely N-dealkylation sites (tertiary alicyclic amines) is 1. The zero-order valence-electron chi connectivity index (χ0n) is 17.3. The molecule has 1 aromatic carbocycles. The number of nitrogens with zero attached hydrogens (tertiary/aromatic N) is 3. The van der Waals surface area contributed by atoms with Gasteiger partial charge < -0.3 is 18.6 Å². The summed E-state index contributed by atoms with van der Waals surface area (Å²) in [5, 5.41) is 0. The third-order valence-electron chi connectivity index (χ3n) is 5.89. The minimum absolute atomic E-state index is 0.0404. The lowest BCUT2D eigenvalue weighted by molar-refractivity contribution is -0.151. The van der Waals surface area contributed by atoms with Crippen LogP contribution >= 0.6 is 0 Å². The highest BCUT2D eigenvalue weighted by Gasteiger charge is 2.27. The van der Waals surface area contributed by atoms with Crippen molar-refractivity contribution in [2.75, 3.05) is 19.7 Å². The molecule has 0 N–H and O–H groups in total. The number of ether oxygens (including phenoxy) is 1. The predicted octanol–water partition coefficient (Wildman–Crippen LogP) is 2.84. The third kappa shape index (κ3) is 3.84. The normalized spacial score (nSPS) is 15.0. The fraction of sp³-hybridized carbons (Fsp3) is 0.435. The van der Waals surface area contributed by atoms with Crippen LogP contribution in [0.5, 0.6) is 0 Å². The molecule has 0 unspecified atom stereocenters. The van der Waals surface area contributed by atoms with Crippen LogP contribution in [-0.2, 0) is 20.9 Å². The maximum Gasteiger partial charge on any atom is 0.309 e. The van der Waals surface area contributed by atoms with E-state index in [2.05, 4.69) is 0 Å². The highest BCUT2D eigenvalue weighted by molar-refractivity contribution is 5.79. The number of esters is 1. The summed E-state index contributed by atoms with van der Waals surface area (Å²) >= 11 is 0. The predicted molar refractivity (Wildman–Crippen MR) is 114 cm³/mol. The Morgan fingerprint density at radius 3 is 2.47 bits per heavy atom. The van der Waals surface area contributed by atoms with Crippen LogP contribution in [0.4, 0.5) is 0 Å². The number of aromatic nitrogens is 2. The summed E-state index contributed by atoms with van der Waals surface area (Å²) in [7, 11) is 0. The van der Waals surface area contributed by atoms with Crippen LogP contribution in [0.25, 0.3) is 16.6 Å². The molecule has 3 heterocycles. The summed E-state index contributed by atoms with van der Waals surface area (Å²) in [6, 6.07) is 11.5. The van der Waals surface area contributed by atoms with Crippen molar-refractivity contribution in [3.8, 4) is 0 Å². The number of para-hydroxylation sites is 2. The van der Waals surface area contributed by atoms with Gasteiger partial charge in [-0.15, -0.1) is 0 Å². The van der Waals surface area contributed by atoms with Crippen molar-refractivity contribution in [2.24, 2.45) is 5.92 Å². The molecule has 4 rings (SSSR count). The van der Waals surface area contributed by atoms with Gasteiger partial charge in [0.1, 0.15) is 5.52 Å². The summed E-state index contributed by atoms with van der Waals surface area (Å²) in [5.41, 5.74) is 2.45. The molecule has 1 fully saturated rings. The Kier molecular flexibility index (Phi) is 5.88. The summed E-state index contributed by atoms with van der Waals surface area (Å²) in [4.78, 5) is 39.2. The van der Waals surface area contributed by atoms with Gasteiger partial charge in [0, 0.05) is 32.3 Å². The summed E-state index contributed by atoms with van der Waals surface area (Å²) in [6.07, 6.45) is 4.18. The van der Waals surface area contributed by atoms with Gasteiger partial charge in [-0.2, -0.15) is 0 Å². The SMILES string of the molecule is CCOC(=O)C1CCN(C(=O)CCCn2c(=O)c3cccn3c3ccccc32)CC1. The topological polar surface area (TPSA) is 73.0 Å². The number of hydrogen-bond acceptors (Lipinski definition) is 4. The molecule has 7 nitrogen and oxygen atoms in total. The van der Waals surface area contributed by atoms with Gasteiger partial charge in [-0.1, -0.05) is 12.1 Å². The Labute approximate surface area is 174 Å². The van der Waals surface area contributed by atoms with Crippen molar-refractivity contribution in [1.29, 1.82) is 0 Å². The molecule has 1 saturated heterocycles. The lowest BCUT2D eigenvalue weighted by Gasteiger charge is -2.31. The van der Waals surface area contributed by atoms with Crippen molar-refractivity contribution in [1.82, 2.24) is 13.9 Å². The molecule has 1 aliphatic rings. The number of hydrogen-bond donors (Lipinski definition) is 0. The molecule has 0 atom stereocenters. The van der Waals surface area contributed by atoms with E-state index < -0.39 is 0 Å². The van der Waals surface area contributed by atoms with Crippen LogP contribution in [0.15, 0.2) is 47.4 Å². The Balaban J connectivity index is 1.39. The molecule has 7 heteroatoms. The number of carbonyl (C=O) groups is 2. The standard InChI is InChI=1S/C23H27N3O4/c1-2-30-23(29)17-11-15-24(16-12-17)21(27)10-6-14-26-19-8-4-3-7-18(19)25-13-5-9-20(25)22(26)28/h3-5,7-9,13,17H,2,6,10-12,14-16H2,1H3. The van der Waals surface area contributed by atoms with E-state index in [9.17, 15) is 14.4 Å². The Hall–Kier alpha value is -3.09. The van der Waals surface area contributed by atoms with E-state index in [0.29, 0.717) is 57.4 Å². The molecule has 30 heavy (non-hydrogen) atoms. The largest absolute Gasteiger partial charge is 0.466 e. The van der Waals surface area contributed by atoms with Crippen LogP contribution in [0.3, 0.4) is 0 Å². The molecule has 1 aliphatic heterocycles. The fourth-order valence-electron chi connectivity index (χ4n) is 4.30. The Morgan fingerprint density at radius 2 is 1.73 bits per heavy atom. The first-order valence-corrected chi connectivity index (χ1v) is 10.6. The molecule has 0 bridgehead atoms. The Bertz CT molecular complexity index is 1120. The first-order chi connectivity index (χ1) is 14.6. The van der Waals surface area contributed by atoms with Crippen LogP contribution in [0.1, 0.15) is 32.6 Å². The second-order valence-electron chi connectivity index (χ2n) is 7.72. The number of carbonyl (C=O) groups excluding carboxylic acids is 2. The summed E-state index contributed by atoms with van der Waals surface area (Å²) < 4.78 is 8.76. The lowest BCUT2D eigenvalue weighted by atomic mass is 9.97. The number of rotatable bonds is 6. The first-order valence-electron chi connectivity index (χ1n) is 10.6. The lowest BCUT2D eigenvalue weighted by Crippen LogP contribution is -2.40. The number of piperidine rings is 1. The molecule has 1 amide bonds. The smallest absolute Gasteiger partial charge is 0.309 e. The van der Waals surface area contributed by atoms with Crippen molar-refractivity contribution >= 4 is 28.4 Å². The van der Waals surface area contributed by atoms with Gasteiger partial charge in [0.05, 0.1) is 23.6 Å². The quantitative estimate of drug-likeness (QED) is 0.587. The fourth-order valence-corrected chi connectivity index (χ4v) is 4.30. The second kappa shape index (κ2) is 8.73. The average molecular weight is 409 g/mol. The third-order valence-corrected chi connectivity index (χ3v) is 5.89. The van der Waals surface area contributed by atoms with E-state index >= 15 is 0 Å². The van der Waals surface area contributed by atoms with E-state index in [-0.39, 0.29) is 23.4 Å². The van der Waals surface area contributed by atoms with Gasteiger partial charge in [-0.3, -0.25) is 14.4 Å². The van der Waals surface area contributed by atoms with Crippen LogP contribution < -0.4 is 5.56 Å². The van der Waals surface area contributed by atoms with Crippen molar-refractivity contribution in [3.05, 3.63) is 52.9 Å². The monoisotopic (exact) mass is 409 g/mol. The van der Waals surface area contributed by atoms with Crippen molar-refractivity contribution in [2.45, 2.75) is 39.2 Å². The van der Waals surface area contributed by atoms with E-state index in [1.54, 1.807) is 11.5 Å². The van der Waals surface area contributed by atoms with Gasteiger partial charge in [-0.05, 0) is 50.5 Å². The molecule has 0 saturated carbocycles. The summed E-state index contributed by atoms with van der Waals surface area (Å²) in [6.45, 7) is 3.86. The van der Waals surface area contributed by atoms with Crippen LogP contribution in [0, 0.1) is 5.92 Å². The summed E-state index contributed by atoms with van der Waals surface area (Å²) in [5.74, 6) is -0.178. The molecule has 3 aromatic rings. The Morgan fingerprint density at radius 1 is 1.03 bits per heavy atom. The maximum absolute atomic E-state index is 12.9. The molecule has 0 radical (unpaired) electrons. The van der Waals surface area contributed by atoms with E-state index in [1.807, 2.05) is 51.9 Å². The highest BCUT2D eigenvalue weighted by atomic mass is 16.5. The van der Waals surface area contributed by atoms with Gasteiger partial charge in [0.2, 0.25) is 5.91 Å². The van der Waals surface area contributed by atoms with E-state index in [4.69, 9.17) is 4.74 Å². The minimum atomic E-state index is -0.156. The molecule has 158 valence electrons. The van der Waals surface area contributed by atoms with Crippen LogP contribution in [-0.4, -0.2) is 45.4 Å². The van der Waals surface area contributed by atoms with Crippen LogP contribution in [0.2, 0.25) is 0 Å². The number of fused-ring (bicyclic) bond motifs is 3. The molecule has 0 aliphatic carbocycles. The highest BCUT2D eigenvalue weighted by Crippen LogP contribution is 2.20. The maximum atomic E-state index is 12.9. The van der Waals surface area contributed by atoms with Gasteiger partial charge in [0.25, 0.3) is 5.56 Å². The second-order valence-corrected chi connectivity index (χ2v) is 7.72.